The van der Waals surface area contributed by atoms with Gasteiger partial charge < -0.3 is 10.2 Å². The highest BCUT2D eigenvalue weighted by Crippen LogP contribution is 2.35. The topological polar surface area (TPSA) is 86.8 Å². The Kier molecular flexibility index (Phi) is 9.70. The Labute approximate surface area is 213 Å². The number of hydrogen-bond donors (Lipinski definition) is 1. The maximum Gasteiger partial charge on any atom is 0.244 e. The highest BCUT2D eigenvalue weighted by Gasteiger charge is 2.32. The number of carbonyl (C=O) groups excluding carboxylic acids is 2. The number of amides is 2. The monoisotopic (exact) mass is 553 g/mol. The second kappa shape index (κ2) is 11.6. The van der Waals surface area contributed by atoms with E-state index in [1.54, 1.807) is 31.2 Å². The van der Waals surface area contributed by atoms with Crippen molar-refractivity contribution in [2.75, 3.05) is 24.2 Å². The van der Waals surface area contributed by atoms with Gasteiger partial charge in [-0.05, 0) is 36.2 Å². The molecule has 0 aliphatic rings. The van der Waals surface area contributed by atoms with Crippen LogP contribution in [0.15, 0.2) is 36.4 Å². The van der Waals surface area contributed by atoms with Crippen LogP contribution in [0.3, 0.4) is 0 Å². The highest BCUT2D eigenvalue weighted by atomic mass is 35.5. The first-order valence-electron chi connectivity index (χ1n) is 9.76. The molecule has 2 aromatic carbocycles. The summed E-state index contributed by atoms with van der Waals surface area (Å²) in [5.74, 6) is -0.980. The zero-order valence-electron chi connectivity index (χ0n) is 18.1. The molecule has 0 saturated carbocycles. The molecule has 0 fully saturated rings. The van der Waals surface area contributed by atoms with Crippen molar-refractivity contribution < 1.29 is 18.0 Å². The van der Waals surface area contributed by atoms with Crippen LogP contribution in [0.2, 0.25) is 20.1 Å². The first-order chi connectivity index (χ1) is 15.4. The van der Waals surface area contributed by atoms with Crippen LogP contribution in [0, 0.1) is 0 Å². The van der Waals surface area contributed by atoms with Crippen LogP contribution in [0.4, 0.5) is 5.69 Å². The summed E-state index contributed by atoms with van der Waals surface area (Å²) < 4.78 is 26.0. The number of likely N-dealkylation sites (N-methyl/N-ethyl adjacent to an activating group) is 1. The summed E-state index contributed by atoms with van der Waals surface area (Å²) in [7, 11) is -2.49. The summed E-state index contributed by atoms with van der Waals surface area (Å²) in [4.78, 5) is 27.3. The Balaban J connectivity index is 2.49. The molecule has 2 amide bonds. The molecule has 0 aliphatic carbocycles. The van der Waals surface area contributed by atoms with Crippen molar-refractivity contribution in [3.63, 3.8) is 0 Å². The van der Waals surface area contributed by atoms with Crippen molar-refractivity contribution in [1.29, 1.82) is 0 Å². The summed E-state index contributed by atoms with van der Waals surface area (Å²) in [6, 6.07) is 8.53. The lowest BCUT2D eigenvalue weighted by Gasteiger charge is -2.32. The number of benzene rings is 2. The van der Waals surface area contributed by atoms with Gasteiger partial charge in [-0.1, -0.05) is 65.5 Å². The Morgan fingerprint density at radius 2 is 1.58 bits per heavy atom. The lowest BCUT2D eigenvalue weighted by atomic mass is 10.1. The van der Waals surface area contributed by atoms with Crippen molar-refractivity contribution in [3.05, 3.63) is 62.1 Å². The third-order valence-electron chi connectivity index (χ3n) is 4.84. The van der Waals surface area contributed by atoms with Crippen LogP contribution >= 0.6 is 46.4 Å². The quantitative estimate of drug-likeness (QED) is 0.458. The first-order valence-corrected chi connectivity index (χ1v) is 13.1. The van der Waals surface area contributed by atoms with Crippen molar-refractivity contribution in [2.45, 2.75) is 25.9 Å². The van der Waals surface area contributed by atoms with Crippen LogP contribution < -0.4 is 9.62 Å². The largest absolute Gasteiger partial charge is 0.357 e. The summed E-state index contributed by atoms with van der Waals surface area (Å²) in [5, 5.41) is 3.29. The molecule has 2 aromatic rings. The number of carbonyl (C=O) groups is 2. The van der Waals surface area contributed by atoms with E-state index in [4.69, 9.17) is 46.4 Å². The van der Waals surface area contributed by atoms with E-state index in [-0.39, 0.29) is 33.2 Å². The second-order valence-corrected chi connectivity index (χ2v) is 10.7. The van der Waals surface area contributed by atoms with Crippen molar-refractivity contribution in [2.24, 2.45) is 0 Å². The molecule has 12 heteroatoms. The molecule has 1 atom stereocenters. The standard InChI is InChI=1S/C21H23Cl4N3O4S/c1-4-18(21(30)26-2)27(11-13-5-7-14(22)8-6-13)20(29)12-28(33(3,31)32)19-10-16(24)15(23)9-17(19)25/h5-10,18H,4,11-12H2,1-3H3,(H,26,30)/t18-/m0/s1. The Hall–Kier alpha value is -1.71. The fourth-order valence-electron chi connectivity index (χ4n) is 3.17. The van der Waals surface area contributed by atoms with E-state index in [9.17, 15) is 18.0 Å². The molecule has 33 heavy (non-hydrogen) atoms. The molecule has 0 saturated heterocycles. The molecule has 1 N–H and O–H groups in total. The maximum atomic E-state index is 13.4. The van der Waals surface area contributed by atoms with Gasteiger partial charge in [0.05, 0.1) is 27.0 Å². The summed E-state index contributed by atoms with van der Waals surface area (Å²) >= 11 is 24.2. The van der Waals surface area contributed by atoms with Gasteiger partial charge in [0.25, 0.3) is 0 Å². The number of sulfonamides is 1. The molecule has 0 aromatic heterocycles. The molecular formula is C21H23Cl4N3O4S. The summed E-state index contributed by atoms with van der Waals surface area (Å²) in [5.41, 5.74) is 0.718. The van der Waals surface area contributed by atoms with E-state index in [0.717, 1.165) is 10.6 Å². The smallest absolute Gasteiger partial charge is 0.244 e. The fraction of sp³-hybridized carbons (Fsp3) is 0.333. The average Bonchev–Trinajstić information content (AvgIpc) is 2.74. The van der Waals surface area contributed by atoms with E-state index in [1.165, 1.54) is 24.1 Å². The molecule has 2 rings (SSSR count). The number of hydrogen-bond acceptors (Lipinski definition) is 4. The maximum absolute atomic E-state index is 13.4. The molecule has 0 aliphatic heterocycles. The first kappa shape index (κ1) is 27.5. The molecule has 0 heterocycles. The van der Waals surface area contributed by atoms with Crippen LogP contribution in [0.5, 0.6) is 0 Å². The Morgan fingerprint density at radius 1 is 1.00 bits per heavy atom. The van der Waals surface area contributed by atoms with Crippen molar-refractivity contribution >= 4 is 73.9 Å². The minimum absolute atomic E-state index is 0.00125. The van der Waals surface area contributed by atoms with Gasteiger partial charge in [0.1, 0.15) is 12.6 Å². The third-order valence-corrected chi connectivity index (χ3v) is 7.24. The molecule has 0 radical (unpaired) electrons. The van der Waals surface area contributed by atoms with E-state index >= 15 is 0 Å². The molecule has 0 spiro atoms. The van der Waals surface area contributed by atoms with Crippen LogP contribution in [0.1, 0.15) is 18.9 Å². The number of nitrogens with zero attached hydrogens (tertiary/aromatic N) is 2. The Morgan fingerprint density at radius 3 is 2.09 bits per heavy atom. The minimum Gasteiger partial charge on any atom is -0.357 e. The molecule has 0 unspecified atom stereocenters. The lowest BCUT2D eigenvalue weighted by Crippen LogP contribution is -2.51. The zero-order chi connectivity index (χ0) is 24.9. The third kappa shape index (κ3) is 7.13. The predicted octanol–water partition coefficient (Wildman–Crippen LogP) is 4.62. The molecule has 180 valence electrons. The zero-order valence-corrected chi connectivity index (χ0v) is 22.0. The van der Waals surface area contributed by atoms with Gasteiger partial charge in [-0.2, -0.15) is 0 Å². The van der Waals surface area contributed by atoms with Gasteiger partial charge >= 0.3 is 0 Å². The van der Waals surface area contributed by atoms with E-state index < -0.39 is 28.5 Å². The van der Waals surface area contributed by atoms with Gasteiger partial charge in [0.2, 0.25) is 21.8 Å². The average molecular weight is 555 g/mol. The normalized spacial score (nSPS) is 12.2. The van der Waals surface area contributed by atoms with Crippen LogP contribution in [-0.2, 0) is 26.2 Å². The van der Waals surface area contributed by atoms with E-state index in [0.29, 0.717) is 17.0 Å². The minimum atomic E-state index is -3.95. The number of rotatable bonds is 9. The van der Waals surface area contributed by atoms with Gasteiger partial charge in [0.15, 0.2) is 0 Å². The highest BCUT2D eigenvalue weighted by molar-refractivity contribution is 7.92. The number of nitrogens with one attached hydrogen (secondary N) is 1. The van der Waals surface area contributed by atoms with Crippen molar-refractivity contribution in [1.82, 2.24) is 10.2 Å². The van der Waals surface area contributed by atoms with Crippen molar-refractivity contribution in [3.8, 4) is 0 Å². The summed E-state index contributed by atoms with van der Waals surface area (Å²) in [6.45, 7) is 1.22. The molecular weight excluding hydrogens is 532 g/mol. The Bertz CT molecular complexity index is 1130. The predicted molar refractivity (Wildman–Crippen MR) is 134 cm³/mol. The lowest BCUT2D eigenvalue weighted by molar-refractivity contribution is -0.140. The van der Waals surface area contributed by atoms with Gasteiger partial charge in [0, 0.05) is 18.6 Å². The number of anilines is 1. The van der Waals surface area contributed by atoms with Crippen LogP contribution in [0.25, 0.3) is 0 Å². The SMILES string of the molecule is CC[C@@H](C(=O)NC)N(Cc1ccc(Cl)cc1)C(=O)CN(c1cc(Cl)c(Cl)cc1Cl)S(C)(=O)=O. The molecule has 7 nitrogen and oxygen atoms in total. The number of halogens is 4. The fourth-order valence-corrected chi connectivity index (χ4v) is 4.84. The van der Waals surface area contributed by atoms with E-state index in [1.807, 2.05) is 0 Å². The van der Waals surface area contributed by atoms with Gasteiger partial charge in [-0.3, -0.25) is 13.9 Å². The van der Waals surface area contributed by atoms with Crippen LogP contribution in [-0.4, -0.2) is 51.0 Å². The van der Waals surface area contributed by atoms with Gasteiger partial charge in [-0.25, -0.2) is 8.42 Å². The van der Waals surface area contributed by atoms with Gasteiger partial charge in [-0.15, -0.1) is 0 Å². The second-order valence-electron chi connectivity index (χ2n) is 7.17. The molecule has 0 bridgehead atoms. The van der Waals surface area contributed by atoms with E-state index in [2.05, 4.69) is 5.32 Å². The summed E-state index contributed by atoms with van der Waals surface area (Å²) in [6.07, 6.45) is 1.25.